The zero-order valence-electron chi connectivity index (χ0n) is 7.42. The Kier molecular flexibility index (Phi) is 3.85. The maximum Gasteiger partial charge on any atom is 0.308 e. The maximum atomic E-state index is 11.1. The van der Waals surface area contributed by atoms with Crippen molar-refractivity contribution < 1.29 is 9.53 Å². The molecule has 1 rings (SSSR count). The van der Waals surface area contributed by atoms with Crippen LogP contribution in [0.5, 0.6) is 0 Å². The van der Waals surface area contributed by atoms with Crippen molar-refractivity contribution in [1.82, 2.24) is 0 Å². The number of ether oxygens (including phenoxy) is 1. The van der Waals surface area contributed by atoms with Gasteiger partial charge in [0, 0.05) is 0 Å². The van der Waals surface area contributed by atoms with Gasteiger partial charge in [-0.1, -0.05) is 6.08 Å². The van der Waals surface area contributed by atoms with Crippen LogP contribution in [0.3, 0.4) is 0 Å². The van der Waals surface area contributed by atoms with Gasteiger partial charge in [0.15, 0.2) is 0 Å². The lowest BCUT2D eigenvalue weighted by atomic mass is 9.95. The molecule has 1 aliphatic rings. The first-order chi connectivity index (χ1) is 5.84. The quantitative estimate of drug-likeness (QED) is 0.366. The number of hydrogen-bond donors (Lipinski definition) is 0. The van der Waals surface area contributed by atoms with Crippen LogP contribution in [-0.2, 0) is 9.53 Å². The average molecular weight is 168 g/mol. The maximum absolute atomic E-state index is 11.1. The lowest BCUT2D eigenvalue weighted by molar-refractivity contribution is -0.153. The molecule has 1 saturated heterocycles. The molecule has 1 aliphatic heterocycles. The molecule has 0 amide bonds. The molecule has 0 aromatic carbocycles. The van der Waals surface area contributed by atoms with E-state index in [0.29, 0.717) is 6.61 Å². The lowest BCUT2D eigenvalue weighted by Gasteiger charge is -2.20. The van der Waals surface area contributed by atoms with Crippen molar-refractivity contribution in [3.8, 4) is 0 Å². The van der Waals surface area contributed by atoms with E-state index >= 15 is 0 Å². The standard InChI is InChI=1S/C10H16O2/c1-2-3-4-6-9-7-5-8-12-10(9)11/h2,9H,1,3-8H2. The summed E-state index contributed by atoms with van der Waals surface area (Å²) in [4.78, 5) is 11.1. The average Bonchev–Trinajstić information content (AvgIpc) is 2.09. The van der Waals surface area contributed by atoms with Crippen LogP contribution in [0.25, 0.3) is 0 Å². The smallest absolute Gasteiger partial charge is 0.308 e. The van der Waals surface area contributed by atoms with Crippen LogP contribution in [0.1, 0.15) is 32.1 Å². The molecule has 1 fully saturated rings. The molecule has 1 atom stereocenters. The highest BCUT2D eigenvalue weighted by molar-refractivity contribution is 5.72. The number of carbonyl (C=O) groups excluding carboxylic acids is 1. The minimum atomic E-state index is 0.00492. The number of carbonyl (C=O) groups is 1. The summed E-state index contributed by atoms with van der Waals surface area (Å²) < 4.78 is 4.96. The van der Waals surface area contributed by atoms with E-state index in [4.69, 9.17) is 4.74 Å². The second-order valence-corrected chi connectivity index (χ2v) is 3.23. The predicted octanol–water partition coefficient (Wildman–Crippen LogP) is 2.30. The zero-order valence-corrected chi connectivity index (χ0v) is 7.42. The molecule has 0 N–H and O–H groups in total. The molecule has 0 bridgehead atoms. The Morgan fingerprint density at radius 3 is 3.17 bits per heavy atom. The minimum Gasteiger partial charge on any atom is -0.465 e. The van der Waals surface area contributed by atoms with E-state index in [2.05, 4.69) is 6.58 Å². The molecule has 0 spiro atoms. The first-order valence-corrected chi connectivity index (χ1v) is 4.62. The van der Waals surface area contributed by atoms with Crippen molar-refractivity contribution in [3.05, 3.63) is 12.7 Å². The van der Waals surface area contributed by atoms with Crippen molar-refractivity contribution in [3.63, 3.8) is 0 Å². The Morgan fingerprint density at radius 1 is 1.67 bits per heavy atom. The van der Waals surface area contributed by atoms with Crippen LogP contribution in [0.4, 0.5) is 0 Å². The molecule has 2 nitrogen and oxygen atoms in total. The van der Waals surface area contributed by atoms with E-state index in [0.717, 1.165) is 32.1 Å². The van der Waals surface area contributed by atoms with Crippen molar-refractivity contribution >= 4 is 5.97 Å². The Hall–Kier alpha value is -0.790. The fraction of sp³-hybridized carbons (Fsp3) is 0.700. The van der Waals surface area contributed by atoms with Gasteiger partial charge in [-0.15, -0.1) is 6.58 Å². The van der Waals surface area contributed by atoms with Gasteiger partial charge in [0.05, 0.1) is 12.5 Å². The monoisotopic (exact) mass is 168 g/mol. The summed E-state index contributed by atoms with van der Waals surface area (Å²) in [5.74, 6) is 0.170. The summed E-state index contributed by atoms with van der Waals surface area (Å²) in [6, 6.07) is 0. The molecule has 2 heteroatoms. The summed E-state index contributed by atoms with van der Waals surface area (Å²) in [5, 5.41) is 0. The number of esters is 1. The molecule has 0 aromatic heterocycles. The van der Waals surface area contributed by atoms with Gasteiger partial charge < -0.3 is 4.74 Å². The molecular formula is C10H16O2. The summed E-state index contributed by atoms with van der Waals surface area (Å²) in [6.45, 7) is 4.27. The Labute approximate surface area is 73.6 Å². The molecule has 0 aliphatic carbocycles. The molecule has 0 saturated carbocycles. The van der Waals surface area contributed by atoms with Gasteiger partial charge in [-0.05, 0) is 32.1 Å². The van der Waals surface area contributed by atoms with Crippen LogP contribution >= 0.6 is 0 Å². The fourth-order valence-corrected chi connectivity index (χ4v) is 1.51. The first kappa shape index (κ1) is 9.30. The minimum absolute atomic E-state index is 0.00492. The van der Waals surface area contributed by atoms with Crippen LogP contribution in [0.15, 0.2) is 12.7 Å². The molecule has 68 valence electrons. The van der Waals surface area contributed by atoms with E-state index in [1.54, 1.807) is 0 Å². The molecule has 12 heavy (non-hydrogen) atoms. The highest BCUT2D eigenvalue weighted by Crippen LogP contribution is 2.20. The van der Waals surface area contributed by atoms with E-state index in [9.17, 15) is 4.79 Å². The van der Waals surface area contributed by atoms with E-state index in [1.165, 1.54) is 0 Å². The fourth-order valence-electron chi connectivity index (χ4n) is 1.51. The third kappa shape index (κ3) is 2.68. The van der Waals surface area contributed by atoms with Gasteiger partial charge in [-0.2, -0.15) is 0 Å². The largest absolute Gasteiger partial charge is 0.465 e. The number of hydrogen-bond acceptors (Lipinski definition) is 2. The predicted molar refractivity (Wildman–Crippen MR) is 47.7 cm³/mol. The van der Waals surface area contributed by atoms with Crippen molar-refractivity contribution in [2.75, 3.05) is 6.61 Å². The normalized spacial score (nSPS) is 23.3. The number of rotatable bonds is 4. The van der Waals surface area contributed by atoms with Crippen molar-refractivity contribution in [2.24, 2.45) is 5.92 Å². The van der Waals surface area contributed by atoms with Crippen molar-refractivity contribution in [1.29, 1.82) is 0 Å². The zero-order chi connectivity index (χ0) is 8.81. The van der Waals surface area contributed by atoms with Crippen LogP contribution in [0, 0.1) is 5.92 Å². The Balaban J connectivity index is 2.20. The van der Waals surface area contributed by atoms with E-state index in [1.807, 2.05) is 6.08 Å². The van der Waals surface area contributed by atoms with Gasteiger partial charge >= 0.3 is 5.97 Å². The SMILES string of the molecule is C=CCCCC1CCCOC1=O. The van der Waals surface area contributed by atoms with E-state index in [-0.39, 0.29) is 11.9 Å². The van der Waals surface area contributed by atoms with E-state index < -0.39 is 0 Å². The topological polar surface area (TPSA) is 26.3 Å². The first-order valence-electron chi connectivity index (χ1n) is 4.62. The van der Waals surface area contributed by atoms with Gasteiger partial charge in [-0.3, -0.25) is 4.79 Å². The summed E-state index contributed by atoms with van der Waals surface area (Å²) in [6.07, 6.45) is 6.96. The molecule has 0 aromatic rings. The molecule has 1 unspecified atom stereocenters. The summed E-state index contributed by atoms with van der Waals surface area (Å²) >= 11 is 0. The summed E-state index contributed by atoms with van der Waals surface area (Å²) in [5.41, 5.74) is 0. The van der Waals surface area contributed by atoms with Gasteiger partial charge in [0.1, 0.15) is 0 Å². The highest BCUT2D eigenvalue weighted by Gasteiger charge is 2.22. The Bertz CT molecular complexity index is 163. The molecule has 1 heterocycles. The molecular weight excluding hydrogens is 152 g/mol. The number of unbranched alkanes of at least 4 members (excludes halogenated alkanes) is 1. The second-order valence-electron chi connectivity index (χ2n) is 3.23. The number of cyclic esters (lactones) is 1. The number of allylic oxidation sites excluding steroid dienone is 1. The third-order valence-corrected chi connectivity index (χ3v) is 2.24. The van der Waals surface area contributed by atoms with Crippen LogP contribution in [-0.4, -0.2) is 12.6 Å². The highest BCUT2D eigenvalue weighted by atomic mass is 16.5. The van der Waals surface area contributed by atoms with Gasteiger partial charge in [0.2, 0.25) is 0 Å². The second kappa shape index (κ2) is 4.96. The van der Waals surface area contributed by atoms with Crippen LogP contribution in [0.2, 0.25) is 0 Å². The summed E-state index contributed by atoms with van der Waals surface area (Å²) in [7, 11) is 0. The van der Waals surface area contributed by atoms with Crippen LogP contribution < -0.4 is 0 Å². The lowest BCUT2D eigenvalue weighted by Crippen LogP contribution is -2.23. The van der Waals surface area contributed by atoms with Gasteiger partial charge in [0.25, 0.3) is 0 Å². The molecule has 0 radical (unpaired) electrons. The van der Waals surface area contributed by atoms with Crippen molar-refractivity contribution in [2.45, 2.75) is 32.1 Å². The van der Waals surface area contributed by atoms with Gasteiger partial charge in [-0.25, -0.2) is 0 Å². The third-order valence-electron chi connectivity index (χ3n) is 2.24. The Morgan fingerprint density at radius 2 is 2.50 bits per heavy atom.